The maximum absolute atomic E-state index is 4.46. The van der Waals surface area contributed by atoms with Crippen LogP contribution in [0.5, 0.6) is 0 Å². The summed E-state index contributed by atoms with van der Waals surface area (Å²) in [5, 5.41) is 6.64. The van der Waals surface area contributed by atoms with E-state index in [1.807, 2.05) is 0 Å². The summed E-state index contributed by atoms with van der Waals surface area (Å²) in [4.78, 5) is 4.46. The van der Waals surface area contributed by atoms with Crippen LogP contribution in [0.1, 0.15) is 46.0 Å². The molecule has 0 saturated heterocycles. The molecule has 1 rings (SSSR count). The van der Waals surface area contributed by atoms with Crippen LogP contribution < -0.4 is 10.6 Å². The van der Waals surface area contributed by atoms with Gasteiger partial charge in [0, 0.05) is 19.6 Å². The zero-order valence-electron chi connectivity index (χ0n) is 10.2. The van der Waals surface area contributed by atoms with Crippen molar-refractivity contribution < 1.29 is 0 Å². The maximum Gasteiger partial charge on any atom is 0.191 e. The molecule has 0 unspecified atom stereocenters. The lowest BCUT2D eigenvalue weighted by Gasteiger charge is -2.10. The number of rotatable bonds is 7. The summed E-state index contributed by atoms with van der Waals surface area (Å²) in [6.07, 6.45) is 6.70. The van der Waals surface area contributed by atoms with Crippen LogP contribution in [0.25, 0.3) is 0 Å². The van der Waals surface area contributed by atoms with E-state index < -0.39 is 0 Å². The first kappa shape index (κ1) is 12.3. The van der Waals surface area contributed by atoms with Crippen LogP contribution in [0.2, 0.25) is 0 Å². The molecule has 0 amide bonds. The normalized spacial score (nSPS) is 16.5. The predicted molar refractivity (Wildman–Crippen MR) is 66.2 cm³/mol. The summed E-state index contributed by atoms with van der Waals surface area (Å²) in [7, 11) is 0. The van der Waals surface area contributed by atoms with E-state index in [9.17, 15) is 0 Å². The van der Waals surface area contributed by atoms with E-state index >= 15 is 0 Å². The molecule has 3 nitrogen and oxygen atoms in total. The minimum Gasteiger partial charge on any atom is -0.357 e. The van der Waals surface area contributed by atoms with Gasteiger partial charge in [-0.25, -0.2) is 0 Å². The van der Waals surface area contributed by atoms with E-state index in [0.29, 0.717) is 0 Å². The average Bonchev–Trinajstić information content (AvgIpc) is 3.04. The fraction of sp³-hybridized carbons (Fsp3) is 0.917. The Morgan fingerprint density at radius 2 is 2.07 bits per heavy atom. The van der Waals surface area contributed by atoms with Crippen LogP contribution >= 0.6 is 0 Å². The standard InChI is InChI=1S/C12H25N3/c1-3-9-14-12(13-4-2)15-10-5-6-11-7-8-11/h11H,3-10H2,1-2H3,(H2,13,14,15). The van der Waals surface area contributed by atoms with Crippen molar-refractivity contribution in [2.24, 2.45) is 10.9 Å². The first-order valence-electron chi connectivity index (χ1n) is 6.39. The molecule has 0 heterocycles. The molecule has 0 radical (unpaired) electrons. The van der Waals surface area contributed by atoms with Crippen LogP contribution in [0.3, 0.4) is 0 Å². The van der Waals surface area contributed by atoms with E-state index in [4.69, 9.17) is 0 Å². The lowest BCUT2D eigenvalue weighted by Crippen LogP contribution is -2.37. The van der Waals surface area contributed by atoms with Gasteiger partial charge >= 0.3 is 0 Å². The van der Waals surface area contributed by atoms with Crippen molar-refractivity contribution in [3.05, 3.63) is 0 Å². The van der Waals surface area contributed by atoms with Crippen LogP contribution in [0, 0.1) is 5.92 Å². The number of aliphatic imine (C=N–C) groups is 1. The van der Waals surface area contributed by atoms with Crippen molar-refractivity contribution in [2.75, 3.05) is 19.6 Å². The van der Waals surface area contributed by atoms with Gasteiger partial charge in [-0.3, -0.25) is 4.99 Å². The lowest BCUT2D eigenvalue weighted by atomic mass is 10.2. The highest BCUT2D eigenvalue weighted by Gasteiger charge is 2.19. The first-order valence-corrected chi connectivity index (χ1v) is 6.39. The molecule has 0 spiro atoms. The predicted octanol–water partition coefficient (Wildman–Crippen LogP) is 2.14. The van der Waals surface area contributed by atoms with Crippen molar-refractivity contribution in [1.29, 1.82) is 0 Å². The minimum atomic E-state index is 0.915. The molecule has 1 saturated carbocycles. The molecule has 1 aliphatic carbocycles. The second-order valence-electron chi connectivity index (χ2n) is 4.27. The molecule has 0 atom stereocenters. The molecule has 2 N–H and O–H groups in total. The van der Waals surface area contributed by atoms with Crippen molar-refractivity contribution >= 4 is 5.96 Å². The Morgan fingerprint density at radius 1 is 1.27 bits per heavy atom. The van der Waals surface area contributed by atoms with Crippen molar-refractivity contribution in [3.8, 4) is 0 Å². The topological polar surface area (TPSA) is 36.4 Å². The summed E-state index contributed by atoms with van der Waals surface area (Å²) in [6, 6.07) is 0. The van der Waals surface area contributed by atoms with E-state index in [1.165, 1.54) is 25.7 Å². The van der Waals surface area contributed by atoms with Crippen LogP contribution in [0.15, 0.2) is 4.99 Å². The molecule has 0 aliphatic heterocycles. The molecule has 0 aromatic heterocycles. The smallest absolute Gasteiger partial charge is 0.191 e. The Hall–Kier alpha value is -0.730. The number of guanidine groups is 1. The third kappa shape index (κ3) is 6.37. The molecule has 0 aromatic carbocycles. The molecule has 88 valence electrons. The minimum absolute atomic E-state index is 0.915. The highest BCUT2D eigenvalue weighted by atomic mass is 15.2. The van der Waals surface area contributed by atoms with Gasteiger partial charge in [0.2, 0.25) is 0 Å². The molecular weight excluding hydrogens is 186 g/mol. The molecule has 15 heavy (non-hydrogen) atoms. The Bertz CT molecular complexity index is 185. The Kier molecular flexibility index (Phi) is 6.21. The second-order valence-corrected chi connectivity index (χ2v) is 4.27. The zero-order valence-corrected chi connectivity index (χ0v) is 10.2. The number of hydrogen-bond donors (Lipinski definition) is 2. The number of nitrogens with zero attached hydrogens (tertiary/aromatic N) is 1. The maximum atomic E-state index is 4.46. The highest BCUT2D eigenvalue weighted by molar-refractivity contribution is 5.79. The van der Waals surface area contributed by atoms with Crippen LogP contribution in [-0.2, 0) is 0 Å². The molecular formula is C12H25N3. The van der Waals surface area contributed by atoms with Gasteiger partial charge in [-0.05, 0) is 32.1 Å². The molecule has 0 aromatic rings. The Morgan fingerprint density at radius 3 is 2.67 bits per heavy atom. The summed E-state index contributed by atoms with van der Waals surface area (Å²) in [5.74, 6) is 2.03. The van der Waals surface area contributed by atoms with Gasteiger partial charge in [0.05, 0.1) is 0 Å². The van der Waals surface area contributed by atoms with Crippen LogP contribution in [-0.4, -0.2) is 25.6 Å². The average molecular weight is 211 g/mol. The SMILES string of the molecule is CCCN=C(NCC)NCCCC1CC1. The summed E-state index contributed by atoms with van der Waals surface area (Å²) >= 11 is 0. The van der Waals surface area contributed by atoms with Crippen LogP contribution in [0.4, 0.5) is 0 Å². The third-order valence-electron chi connectivity index (χ3n) is 2.62. The Balaban J connectivity index is 2.06. The van der Waals surface area contributed by atoms with Crippen molar-refractivity contribution in [2.45, 2.75) is 46.0 Å². The fourth-order valence-electron chi connectivity index (χ4n) is 1.57. The Labute approximate surface area is 93.7 Å². The van der Waals surface area contributed by atoms with E-state index in [2.05, 4.69) is 29.5 Å². The quantitative estimate of drug-likeness (QED) is 0.384. The molecule has 1 fully saturated rings. The monoisotopic (exact) mass is 211 g/mol. The van der Waals surface area contributed by atoms with E-state index in [0.717, 1.165) is 37.9 Å². The molecule has 3 heteroatoms. The van der Waals surface area contributed by atoms with E-state index in [1.54, 1.807) is 0 Å². The van der Waals surface area contributed by atoms with Crippen molar-refractivity contribution in [3.63, 3.8) is 0 Å². The van der Waals surface area contributed by atoms with E-state index in [-0.39, 0.29) is 0 Å². The second kappa shape index (κ2) is 7.55. The molecule has 0 bridgehead atoms. The zero-order chi connectivity index (χ0) is 10.9. The van der Waals surface area contributed by atoms with Gasteiger partial charge in [-0.15, -0.1) is 0 Å². The van der Waals surface area contributed by atoms with Crippen molar-refractivity contribution in [1.82, 2.24) is 10.6 Å². The first-order chi connectivity index (χ1) is 7.36. The van der Waals surface area contributed by atoms with Gasteiger partial charge in [0.15, 0.2) is 5.96 Å². The van der Waals surface area contributed by atoms with Gasteiger partial charge in [-0.1, -0.05) is 19.8 Å². The number of hydrogen-bond acceptors (Lipinski definition) is 1. The van der Waals surface area contributed by atoms with Gasteiger partial charge in [0.1, 0.15) is 0 Å². The summed E-state index contributed by atoms with van der Waals surface area (Å²) in [5.41, 5.74) is 0. The van der Waals surface area contributed by atoms with Gasteiger partial charge in [-0.2, -0.15) is 0 Å². The fourth-order valence-corrected chi connectivity index (χ4v) is 1.57. The third-order valence-corrected chi connectivity index (χ3v) is 2.62. The highest BCUT2D eigenvalue weighted by Crippen LogP contribution is 2.33. The van der Waals surface area contributed by atoms with Gasteiger partial charge < -0.3 is 10.6 Å². The largest absolute Gasteiger partial charge is 0.357 e. The number of nitrogens with one attached hydrogen (secondary N) is 2. The van der Waals surface area contributed by atoms with Gasteiger partial charge in [0.25, 0.3) is 0 Å². The lowest BCUT2D eigenvalue weighted by molar-refractivity contribution is 0.644. The summed E-state index contributed by atoms with van der Waals surface area (Å²) < 4.78 is 0. The summed E-state index contributed by atoms with van der Waals surface area (Å²) in [6.45, 7) is 7.18. The molecule has 1 aliphatic rings.